The van der Waals surface area contributed by atoms with Crippen molar-refractivity contribution in [3.63, 3.8) is 0 Å². The van der Waals surface area contributed by atoms with E-state index in [1.54, 1.807) is 13.0 Å². The third-order valence-corrected chi connectivity index (χ3v) is 5.09. The number of carbonyl (C=O) groups excluding carboxylic acids is 1. The van der Waals surface area contributed by atoms with Crippen molar-refractivity contribution in [2.24, 2.45) is 0 Å². The Bertz CT molecular complexity index is 1170. The third-order valence-electron chi connectivity index (χ3n) is 4.67. The number of fused-ring (bicyclic) bond motifs is 1. The standard InChI is InChI=1S/C20H21O9P/c1-10-6-13(7-14(9-22)18(10)27-3)17(23)16-11(2)28-20-15(16)5-4-12(8-21)19(20)29-30(24,25)26/h4-7,21-22H,8-9H2,1-3H3,(H2,24,25,26). The van der Waals surface area contributed by atoms with E-state index in [2.05, 4.69) is 0 Å². The molecule has 2 aromatic carbocycles. The van der Waals surface area contributed by atoms with Crippen molar-refractivity contribution in [2.75, 3.05) is 7.11 Å². The van der Waals surface area contributed by atoms with Crippen molar-refractivity contribution in [2.45, 2.75) is 27.1 Å². The first-order valence-corrected chi connectivity index (χ1v) is 10.4. The SMILES string of the molecule is COc1c(C)cc(C(=O)c2c(C)oc3c(OP(=O)(O)O)c(CO)ccc23)cc1CO. The van der Waals surface area contributed by atoms with Crippen LogP contribution in [0.25, 0.3) is 11.0 Å². The molecule has 0 atom stereocenters. The predicted molar refractivity (Wildman–Crippen MR) is 107 cm³/mol. The molecule has 160 valence electrons. The number of aliphatic hydroxyl groups is 2. The van der Waals surface area contributed by atoms with Crippen molar-refractivity contribution < 1.29 is 43.0 Å². The zero-order chi connectivity index (χ0) is 22.2. The van der Waals surface area contributed by atoms with E-state index < -0.39 is 20.2 Å². The Balaban J connectivity index is 2.21. The summed E-state index contributed by atoms with van der Waals surface area (Å²) >= 11 is 0. The van der Waals surface area contributed by atoms with E-state index in [1.807, 2.05) is 0 Å². The number of aliphatic hydroxyl groups excluding tert-OH is 2. The average molecular weight is 436 g/mol. The lowest BCUT2D eigenvalue weighted by molar-refractivity contribution is 0.103. The second kappa shape index (κ2) is 8.22. The first-order chi connectivity index (χ1) is 14.1. The highest BCUT2D eigenvalue weighted by atomic mass is 31.2. The first kappa shape index (κ1) is 22.0. The second-order valence-electron chi connectivity index (χ2n) is 6.68. The molecule has 0 aliphatic carbocycles. The van der Waals surface area contributed by atoms with E-state index in [-0.39, 0.29) is 45.8 Å². The Morgan fingerprint density at radius 1 is 1.07 bits per heavy atom. The number of aryl methyl sites for hydroxylation is 2. The van der Waals surface area contributed by atoms with Crippen molar-refractivity contribution in [3.8, 4) is 11.5 Å². The number of ether oxygens (including phenoxy) is 1. The Morgan fingerprint density at radius 3 is 2.30 bits per heavy atom. The van der Waals surface area contributed by atoms with E-state index in [0.29, 0.717) is 16.9 Å². The summed E-state index contributed by atoms with van der Waals surface area (Å²) in [6, 6.07) is 6.05. The van der Waals surface area contributed by atoms with E-state index in [4.69, 9.17) is 13.7 Å². The van der Waals surface area contributed by atoms with Crippen LogP contribution in [-0.2, 0) is 17.8 Å². The van der Waals surface area contributed by atoms with Crippen LogP contribution in [0, 0.1) is 13.8 Å². The number of ketones is 1. The van der Waals surface area contributed by atoms with E-state index in [0.717, 1.165) is 0 Å². The normalized spacial score (nSPS) is 11.7. The number of phosphoric ester groups is 1. The highest BCUT2D eigenvalue weighted by Gasteiger charge is 2.27. The minimum Gasteiger partial charge on any atom is -0.496 e. The fraction of sp³-hybridized carbons (Fsp3) is 0.250. The van der Waals surface area contributed by atoms with Gasteiger partial charge in [-0.05, 0) is 37.6 Å². The topological polar surface area (TPSA) is 147 Å². The van der Waals surface area contributed by atoms with Gasteiger partial charge in [0.15, 0.2) is 17.1 Å². The van der Waals surface area contributed by atoms with Crippen LogP contribution in [0.2, 0.25) is 0 Å². The van der Waals surface area contributed by atoms with Crippen molar-refractivity contribution >= 4 is 24.6 Å². The number of methoxy groups -OCH3 is 1. The van der Waals surface area contributed by atoms with Gasteiger partial charge in [-0.1, -0.05) is 6.07 Å². The Labute approximate surface area is 171 Å². The minimum absolute atomic E-state index is 0.0571. The van der Waals surface area contributed by atoms with E-state index in [9.17, 15) is 29.4 Å². The number of hydrogen-bond donors (Lipinski definition) is 4. The maximum absolute atomic E-state index is 13.3. The van der Waals surface area contributed by atoms with Crippen molar-refractivity contribution in [1.29, 1.82) is 0 Å². The van der Waals surface area contributed by atoms with Crippen LogP contribution in [0.15, 0.2) is 28.7 Å². The van der Waals surface area contributed by atoms with E-state index in [1.165, 1.54) is 32.2 Å². The van der Waals surface area contributed by atoms with Crippen LogP contribution < -0.4 is 9.26 Å². The highest BCUT2D eigenvalue weighted by Crippen LogP contribution is 2.45. The van der Waals surface area contributed by atoms with Crippen LogP contribution in [0.3, 0.4) is 0 Å². The molecule has 4 N–H and O–H groups in total. The minimum atomic E-state index is -4.94. The fourth-order valence-electron chi connectivity index (χ4n) is 3.45. The molecule has 30 heavy (non-hydrogen) atoms. The molecule has 0 radical (unpaired) electrons. The number of rotatable bonds is 7. The maximum Gasteiger partial charge on any atom is 0.524 e. The molecule has 0 amide bonds. The largest absolute Gasteiger partial charge is 0.524 e. The third kappa shape index (κ3) is 3.98. The number of benzene rings is 2. The van der Waals surface area contributed by atoms with Gasteiger partial charge in [0.25, 0.3) is 0 Å². The monoisotopic (exact) mass is 436 g/mol. The first-order valence-electron chi connectivity index (χ1n) is 8.85. The van der Waals surface area contributed by atoms with Gasteiger partial charge < -0.3 is 23.9 Å². The zero-order valence-corrected chi connectivity index (χ0v) is 17.4. The summed E-state index contributed by atoms with van der Waals surface area (Å²) < 4.78 is 27.0. The van der Waals surface area contributed by atoms with E-state index >= 15 is 0 Å². The summed E-state index contributed by atoms with van der Waals surface area (Å²) in [4.78, 5) is 31.7. The fourth-order valence-corrected chi connectivity index (χ4v) is 3.89. The molecule has 0 saturated carbocycles. The van der Waals surface area contributed by atoms with Gasteiger partial charge in [0, 0.05) is 22.1 Å². The molecule has 0 bridgehead atoms. The molecule has 3 aromatic rings. The summed E-state index contributed by atoms with van der Waals surface area (Å²) in [5.74, 6) is -0.0505. The summed E-state index contributed by atoms with van der Waals surface area (Å²) in [6.45, 7) is 2.41. The molecule has 9 nitrogen and oxygen atoms in total. The second-order valence-corrected chi connectivity index (χ2v) is 7.84. The lowest BCUT2D eigenvalue weighted by Crippen LogP contribution is -2.06. The van der Waals surface area contributed by atoms with Gasteiger partial charge in [-0.2, -0.15) is 0 Å². The van der Waals surface area contributed by atoms with Crippen molar-refractivity contribution in [1.82, 2.24) is 0 Å². The van der Waals surface area contributed by atoms with Gasteiger partial charge in [0.05, 0.1) is 25.9 Å². The lowest BCUT2D eigenvalue weighted by atomic mass is 9.96. The van der Waals surface area contributed by atoms with Gasteiger partial charge in [-0.15, -0.1) is 0 Å². The molecule has 1 aromatic heterocycles. The zero-order valence-electron chi connectivity index (χ0n) is 16.5. The summed E-state index contributed by atoms with van der Waals surface area (Å²) in [7, 11) is -3.47. The van der Waals surface area contributed by atoms with Crippen LogP contribution >= 0.6 is 7.82 Å². The van der Waals surface area contributed by atoms with Gasteiger partial charge in [0.1, 0.15) is 11.5 Å². The van der Waals surface area contributed by atoms with Gasteiger partial charge in [0.2, 0.25) is 0 Å². The summed E-state index contributed by atoms with van der Waals surface area (Å²) in [5.41, 5.74) is 1.61. The van der Waals surface area contributed by atoms with Crippen LogP contribution in [0.5, 0.6) is 11.5 Å². The molecule has 0 saturated heterocycles. The number of phosphoric acid groups is 1. The lowest BCUT2D eigenvalue weighted by Gasteiger charge is -2.12. The molecule has 3 rings (SSSR count). The van der Waals surface area contributed by atoms with Crippen LogP contribution in [0.1, 0.15) is 38.4 Å². The molecule has 0 aliphatic rings. The quantitative estimate of drug-likeness (QED) is 0.324. The molecular formula is C20H21O9P. The number of hydrogen-bond acceptors (Lipinski definition) is 7. The summed E-state index contributed by atoms with van der Waals surface area (Å²) in [6.07, 6.45) is 0. The highest BCUT2D eigenvalue weighted by molar-refractivity contribution is 7.46. The molecule has 0 spiro atoms. The smallest absolute Gasteiger partial charge is 0.496 e. The predicted octanol–water partition coefficient (Wildman–Crippen LogP) is 2.75. The van der Waals surface area contributed by atoms with Gasteiger partial charge in [-0.3, -0.25) is 14.6 Å². The molecule has 10 heteroatoms. The number of furan rings is 1. The molecular weight excluding hydrogens is 415 g/mol. The summed E-state index contributed by atoms with van der Waals surface area (Å²) in [5, 5.41) is 19.4. The van der Waals surface area contributed by atoms with Crippen LogP contribution in [0.4, 0.5) is 0 Å². The molecule has 0 unspecified atom stereocenters. The maximum atomic E-state index is 13.3. The molecule has 0 aliphatic heterocycles. The Kier molecular flexibility index (Phi) is 6.03. The molecule has 0 fully saturated rings. The van der Waals surface area contributed by atoms with Gasteiger partial charge >= 0.3 is 7.82 Å². The van der Waals surface area contributed by atoms with Gasteiger partial charge in [-0.25, -0.2) is 4.57 Å². The molecule has 1 heterocycles. The average Bonchev–Trinajstić information content (AvgIpc) is 3.02. The van der Waals surface area contributed by atoms with Crippen LogP contribution in [-0.4, -0.2) is 32.9 Å². The van der Waals surface area contributed by atoms with Crippen molar-refractivity contribution in [3.05, 3.63) is 57.8 Å². The Hall–Kier alpha value is -2.68. The Morgan fingerprint density at radius 2 is 1.73 bits per heavy atom. The number of carbonyl (C=O) groups is 1.